The molecule has 22 heavy (non-hydrogen) atoms. The second-order valence-corrected chi connectivity index (χ2v) is 6.90. The summed E-state index contributed by atoms with van der Waals surface area (Å²) < 4.78 is 1.94. The first kappa shape index (κ1) is 14.0. The van der Waals surface area contributed by atoms with Gasteiger partial charge in [0.05, 0.1) is 6.20 Å². The Morgan fingerprint density at radius 2 is 1.86 bits per heavy atom. The monoisotopic (exact) mass is 299 g/mol. The number of nitrogens with two attached hydrogens (primary N) is 1. The molecule has 0 unspecified atom stereocenters. The van der Waals surface area contributed by atoms with E-state index in [1.54, 1.807) is 0 Å². The number of nitrogens with zero attached hydrogens (tertiary/aromatic N) is 3. The third-order valence-electron chi connectivity index (χ3n) is 5.28. The number of anilines is 1. The summed E-state index contributed by atoms with van der Waals surface area (Å²) in [5.74, 6) is 1.72. The van der Waals surface area contributed by atoms with E-state index in [-0.39, 0.29) is 0 Å². The summed E-state index contributed by atoms with van der Waals surface area (Å²) in [6.07, 6.45) is 11.6. The van der Waals surface area contributed by atoms with Crippen molar-refractivity contribution < 1.29 is 0 Å². The molecule has 2 aromatic heterocycles. The van der Waals surface area contributed by atoms with Gasteiger partial charge in [0.15, 0.2) is 5.65 Å². The van der Waals surface area contributed by atoms with E-state index in [1.165, 1.54) is 31.4 Å². The molecule has 2 aromatic rings. The minimum atomic E-state index is 0.384. The van der Waals surface area contributed by atoms with Crippen molar-refractivity contribution in [2.75, 3.05) is 5.32 Å². The second-order valence-electron chi connectivity index (χ2n) is 6.90. The van der Waals surface area contributed by atoms with Crippen LogP contribution in [0.25, 0.3) is 5.65 Å². The van der Waals surface area contributed by atoms with E-state index in [4.69, 9.17) is 10.7 Å². The molecule has 2 fully saturated rings. The van der Waals surface area contributed by atoms with Crippen molar-refractivity contribution >= 4 is 11.5 Å². The molecule has 118 valence electrons. The van der Waals surface area contributed by atoms with Crippen molar-refractivity contribution in [3.63, 3.8) is 0 Å². The summed E-state index contributed by atoms with van der Waals surface area (Å²) in [5.41, 5.74) is 8.21. The van der Waals surface area contributed by atoms with E-state index in [2.05, 4.69) is 16.5 Å². The molecule has 0 aliphatic heterocycles. The first-order chi connectivity index (χ1) is 10.8. The van der Waals surface area contributed by atoms with Gasteiger partial charge in [-0.2, -0.15) is 9.61 Å². The summed E-state index contributed by atoms with van der Waals surface area (Å²) in [6, 6.07) is 5.12. The van der Waals surface area contributed by atoms with E-state index in [0.29, 0.717) is 18.0 Å². The van der Waals surface area contributed by atoms with Gasteiger partial charge in [0.1, 0.15) is 5.82 Å². The number of aromatic nitrogens is 3. The topological polar surface area (TPSA) is 68.2 Å². The van der Waals surface area contributed by atoms with Gasteiger partial charge in [-0.1, -0.05) is 12.8 Å². The quantitative estimate of drug-likeness (QED) is 0.914. The van der Waals surface area contributed by atoms with Crippen molar-refractivity contribution in [1.82, 2.24) is 14.6 Å². The molecule has 0 aromatic carbocycles. The first-order valence-corrected chi connectivity index (χ1v) is 8.66. The van der Waals surface area contributed by atoms with Gasteiger partial charge in [-0.15, -0.1) is 0 Å². The molecule has 2 heterocycles. The number of nitrogens with one attached hydrogen (secondary N) is 1. The van der Waals surface area contributed by atoms with Crippen LogP contribution < -0.4 is 11.1 Å². The first-order valence-electron chi connectivity index (χ1n) is 8.66. The average Bonchev–Trinajstić information content (AvgIpc) is 3.20. The van der Waals surface area contributed by atoms with Crippen LogP contribution in [-0.4, -0.2) is 26.7 Å². The van der Waals surface area contributed by atoms with Gasteiger partial charge >= 0.3 is 0 Å². The van der Waals surface area contributed by atoms with Crippen LogP contribution in [-0.2, 0) is 0 Å². The Bertz CT molecular complexity index is 636. The molecule has 0 radical (unpaired) electrons. The molecule has 0 atom stereocenters. The number of hydrogen-bond donors (Lipinski definition) is 2. The van der Waals surface area contributed by atoms with E-state index < -0.39 is 0 Å². The number of rotatable bonds is 3. The summed E-state index contributed by atoms with van der Waals surface area (Å²) in [5, 5.41) is 8.13. The van der Waals surface area contributed by atoms with Crippen LogP contribution in [0.15, 0.2) is 18.3 Å². The normalized spacial score (nSPS) is 26.6. The fourth-order valence-electron chi connectivity index (χ4n) is 3.94. The third-order valence-corrected chi connectivity index (χ3v) is 5.28. The Morgan fingerprint density at radius 3 is 2.64 bits per heavy atom. The van der Waals surface area contributed by atoms with E-state index in [9.17, 15) is 0 Å². The molecule has 2 aliphatic carbocycles. The van der Waals surface area contributed by atoms with Crippen LogP contribution in [0.3, 0.4) is 0 Å². The van der Waals surface area contributed by atoms with Gasteiger partial charge in [0, 0.05) is 35.8 Å². The zero-order valence-electron chi connectivity index (χ0n) is 13.0. The van der Waals surface area contributed by atoms with Gasteiger partial charge in [-0.25, -0.2) is 4.98 Å². The molecule has 0 amide bonds. The maximum atomic E-state index is 6.02. The highest BCUT2D eigenvalue weighted by atomic mass is 15.3. The van der Waals surface area contributed by atoms with Crippen LogP contribution in [0.2, 0.25) is 0 Å². The SMILES string of the molecule is NC1CCC(Nc2cc(C3CCCC3)nc3ccnn23)CC1. The molecule has 4 rings (SSSR count). The predicted octanol–water partition coefficient (Wildman–Crippen LogP) is 3.07. The maximum Gasteiger partial charge on any atom is 0.157 e. The standard InChI is InChI=1S/C17H25N5/c18-13-5-7-14(8-6-13)20-17-11-15(12-3-1-2-4-12)21-16-9-10-19-22(16)17/h9-14,20H,1-8,18H2. The van der Waals surface area contributed by atoms with Crippen LogP contribution in [0, 0.1) is 0 Å². The molecule has 5 heteroatoms. The van der Waals surface area contributed by atoms with Crippen molar-refractivity contribution in [2.24, 2.45) is 5.73 Å². The van der Waals surface area contributed by atoms with E-state index >= 15 is 0 Å². The largest absolute Gasteiger partial charge is 0.367 e. The lowest BCUT2D eigenvalue weighted by Gasteiger charge is -2.28. The van der Waals surface area contributed by atoms with E-state index in [1.807, 2.05) is 16.8 Å². The Hall–Kier alpha value is -1.62. The Labute approximate surface area is 131 Å². The van der Waals surface area contributed by atoms with Crippen LogP contribution in [0.5, 0.6) is 0 Å². The smallest absolute Gasteiger partial charge is 0.157 e. The minimum Gasteiger partial charge on any atom is -0.367 e. The van der Waals surface area contributed by atoms with Crippen LogP contribution in [0.1, 0.15) is 63.0 Å². The minimum absolute atomic E-state index is 0.384. The van der Waals surface area contributed by atoms with Crippen molar-refractivity contribution in [3.05, 3.63) is 24.0 Å². The zero-order valence-corrected chi connectivity index (χ0v) is 13.0. The van der Waals surface area contributed by atoms with Gasteiger partial charge in [0.2, 0.25) is 0 Å². The average molecular weight is 299 g/mol. The Kier molecular flexibility index (Phi) is 3.74. The molecule has 3 N–H and O–H groups in total. The molecule has 0 bridgehead atoms. The maximum absolute atomic E-state index is 6.02. The van der Waals surface area contributed by atoms with Gasteiger partial charge in [0.25, 0.3) is 0 Å². The fraction of sp³-hybridized carbons (Fsp3) is 0.647. The van der Waals surface area contributed by atoms with Crippen molar-refractivity contribution in [3.8, 4) is 0 Å². The van der Waals surface area contributed by atoms with Crippen LogP contribution >= 0.6 is 0 Å². The molecule has 0 spiro atoms. The van der Waals surface area contributed by atoms with Crippen molar-refractivity contribution in [2.45, 2.75) is 69.4 Å². The molecule has 2 aliphatic rings. The molecule has 0 saturated heterocycles. The molecule has 5 nitrogen and oxygen atoms in total. The molecular weight excluding hydrogens is 274 g/mol. The van der Waals surface area contributed by atoms with Gasteiger partial charge in [-0.05, 0) is 38.5 Å². The number of hydrogen-bond acceptors (Lipinski definition) is 4. The van der Waals surface area contributed by atoms with Gasteiger partial charge < -0.3 is 11.1 Å². The Morgan fingerprint density at radius 1 is 1.09 bits per heavy atom. The molecular formula is C17H25N5. The summed E-state index contributed by atoms with van der Waals surface area (Å²) in [7, 11) is 0. The zero-order chi connectivity index (χ0) is 14.9. The van der Waals surface area contributed by atoms with Crippen molar-refractivity contribution in [1.29, 1.82) is 0 Å². The number of fused-ring (bicyclic) bond motifs is 1. The highest BCUT2D eigenvalue weighted by molar-refractivity contribution is 5.50. The lowest BCUT2D eigenvalue weighted by Crippen LogP contribution is -2.33. The third kappa shape index (κ3) is 2.70. The highest BCUT2D eigenvalue weighted by Gasteiger charge is 2.22. The molecule has 2 saturated carbocycles. The summed E-state index contributed by atoms with van der Waals surface area (Å²) in [6.45, 7) is 0. The lowest BCUT2D eigenvalue weighted by molar-refractivity contribution is 0.410. The van der Waals surface area contributed by atoms with Gasteiger partial charge in [-0.3, -0.25) is 0 Å². The highest BCUT2D eigenvalue weighted by Crippen LogP contribution is 2.34. The predicted molar refractivity (Wildman–Crippen MR) is 88.1 cm³/mol. The Balaban J connectivity index is 1.61. The summed E-state index contributed by atoms with van der Waals surface area (Å²) >= 11 is 0. The van der Waals surface area contributed by atoms with E-state index in [0.717, 1.165) is 37.1 Å². The lowest BCUT2D eigenvalue weighted by atomic mass is 9.92. The fourth-order valence-corrected chi connectivity index (χ4v) is 3.94. The van der Waals surface area contributed by atoms with Crippen LogP contribution in [0.4, 0.5) is 5.82 Å². The second kappa shape index (κ2) is 5.88. The summed E-state index contributed by atoms with van der Waals surface area (Å²) in [4.78, 5) is 4.82.